The van der Waals surface area contributed by atoms with Crippen molar-refractivity contribution in [1.82, 2.24) is 9.80 Å². The summed E-state index contributed by atoms with van der Waals surface area (Å²) in [5, 5.41) is 9.25. The van der Waals surface area contributed by atoms with Crippen LogP contribution in [-0.2, 0) is 23.8 Å². The Hall–Kier alpha value is -2.26. The van der Waals surface area contributed by atoms with Gasteiger partial charge in [-0.3, -0.25) is 14.5 Å². The van der Waals surface area contributed by atoms with E-state index >= 15 is 0 Å². The van der Waals surface area contributed by atoms with E-state index < -0.39 is 0 Å². The van der Waals surface area contributed by atoms with Crippen molar-refractivity contribution in [2.24, 2.45) is 0 Å². The second-order valence-corrected chi connectivity index (χ2v) is 15.0. The maximum atomic E-state index is 13.0. The highest BCUT2D eigenvalue weighted by molar-refractivity contribution is 5.78. The lowest BCUT2D eigenvalue weighted by Gasteiger charge is -2.25. The Kier molecular flexibility index (Phi) is 34.7. The minimum atomic E-state index is -0.204. The molecular formula is C46H82N2O6. The Labute approximate surface area is 331 Å². The fourth-order valence-electron chi connectivity index (χ4n) is 6.28. The molecule has 8 nitrogen and oxygen atoms in total. The number of aliphatic hydroxyl groups is 1. The lowest BCUT2D eigenvalue weighted by Crippen LogP contribution is -2.43. The molecule has 2 atom stereocenters. The number of unbranched alkanes of at least 4 members (excludes halogenated alkanes) is 16. The molecule has 2 unspecified atom stereocenters. The molecule has 0 aromatic heterocycles. The average molecular weight is 759 g/mol. The summed E-state index contributed by atoms with van der Waals surface area (Å²) in [5.74, 6) is -0.276. The zero-order chi connectivity index (χ0) is 39.2. The van der Waals surface area contributed by atoms with Crippen LogP contribution in [0.5, 0.6) is 0 Å². The van der Waals surface area contributed by atoms with Crippen molar-refractivity contribution >= 4 is 11.9 Å². The fraction of sp³-hybridized carbons (Fsp3) is 0.783. The minimum absolute atomic E-state index is 0.00616. The van der Waals surface area contributed by atoms with Crippen LogP contribution in [0, 0.1) is 0 Å². The number of hydrogen-bond donors (Lipinski definition) is 1. The van der Waals surface area contributed by atoms with Crippen LogP contribution in [0.3, 0.4) is 0 Å². The summed E-state index contributed by atoms with van der Waals surface area (Å²) < 4.78 is 17.2. The monoisotopic (exact) mass is 759 g/mol. The summed E-state index contributed by atoms with van der Waals surface area (Å²) in [4.78, 5) is 28.9. The van der Waals surface area contributed by atoms with E-state index in [0.717, 1.165) is 51.4 Å². The molecule has 8 heteroatoms. The largest absolute Gasteiger partial charge is 0.464 e. The first-order chi connectivity index (χ1) is 26.5. The third-order valence-electron chi connectivity index (χ3n) is 9.81. The van der Waals surface area contributed by atoms with Gasteiger partial charge < -0.3 is 24.2 Å². The van der Waals surface area contributed by atoms with Crippen LogP contribution < -0.4 is 0 Å². The topological polar surface area (TPSA) is 91.8 Å². The molecule has 1 saturated heterocycles. The van der Waals surface area contributed by atoms with Gasteiger partial charge in [-0.1, -0.05) is 133 Å². The summed E-state index contributed by atoms with van der Waals surface area (Å²) in [6, 6.07) is 0. The van der Waals surface area contributed by atoms with E-state index in [2.05, 4.69) is 62.5 Å². The molecule has 0 aromatic carbocycles. The number of amides is 1. The number of carbonyl (C=O) groups excluding carboxylic acids is 2. The van der Waals surface area contributed by atoms with Crippen LogP contribution in [0.1, 0.15) is 168 Å². The van der Waals surface area contributed by atoms with Gasteiger partial charge in [0, 0.05) is 19.5 Å². The number of esters is 1. The van der Waals surface area contributed by atoms with Crippen molar-refractivity contribution in [2.45, 2.75) is 180 Å². The van der Waals surface area contributed by atoms with Gasteiger partial charge in [0.1, 0.15) is 12.7 Å². The Morgan fingerprint density at radius 3 is 1.69 bits per heavy atom. The van der Waals surface area contributed by atoms with E-state index in [1.165, 1.54) is 96.3 Å². The number of carbonyl (C=O) groups is 2. The SMILES string of the molecule is CCCCC/C=C\C/C=C\CCCCCCCC(=O)OCCN(CCOC1OC1CCCCCCC/C=C\C/C=C\CCCCC)C(=O)CN(C)CCO. The molecule has 312 valence electrons. The van der Waals surface area contributed by atoms with Crippen molar-refractivity contribution in [3.05, 3.63) is 48.6 Å². The molecule has 0 aromatic rings. The van der Waals surface area contributed by atoms with Crippen molar-refractivity contribution in [1.29, 1.82) is 0 Å². The molecule has 0 aliphatic carbocycles. The lowest BCUT2D eigenvalue weighted by molar-refractivity contribution is -0.146. The number of hydrogen-bond acceptors (Lipinski definition) is 7. The Balaban J connectivity index is 2.14. The summed E-state index contributed by atoms with van der Waals surface area (Å²) in [6.45, 7) is 6.36. The number of rotatable bonds is 39. The maximum Gasteiger partial charge on any atom is 0.305 e. The second kappa shape index (κ2) is 37.7. The van der Waals surface area contributed by atoms with Crippen LogP contribution in [-0.4, -0.2) is 92.2 Å². The van der Waals surface area contributed by atoms with Crippen molar-refractivity contribution in [2.75, 3.05) is 53.0 Å². The zero-order valence-electron chi connectivity index (χ0n) is 35.1. The van der Waals surface area contributed by atoms with E-state index in [1.54, 1.807) is 9.80 Å². The summed E-state index contributed by atoms with van der Waals surface area (Å²) in [5.41, 5.74) is 0. The van der Waals surface area contributed by atoms with Gasteiger partial charge in [0.15, 0.2) is 6.29 Å². The molecule has 0 saturated carbocycles. The van der Waals surface area contributed by atoms with E-state index in [1.807, 2.05) is 7.05 Å². The number of ether oxygens (including phenoxy) is 3. The average Bonchev–Trinajstić information content (AvgIpc) is 3.91. The van der Waals surface area contributed by atoms with Gasteiger partial charge in [-0.2, -0.15) is 0 Å². The van der Waals surface area contributed by atoms with E-state index in [9.17, 15) is 14.7 Å². The molecule has 1 heterocycles. The molecular weight excluding hydrogens is 677 g/mol. The van der Waals surface area contributed by atoms with Crippen molar-refractivity contribution in [3.8, 4) is 0 Å². The van der Waals surface area contributed by atoms with Crippen molar-refractivity contribution < 1.29 is 28.9 Å². The molecule has 1 rings (SSSR count). The first kappa shape index (κ1) is 49.8. The Morgan fingerprint density at radius 1 is 0.630 bits per heavy atom. The molecule has 1 amide bonds. The summed E-state index contributed by atoms with van der Waals surface area (Å²) >= 11 is 0. The van der Waals surface area contributed by atoms with E-state index in [-0.39, 0.29) is 44.0 Å². The van der Waals surface area contributed by atoms with Crippen molar-refractivity contribution in [3.63, 3.8) is 0 Å². The predicted molar refractivity (Wildman–Crippen MR) is 225 cm³/mol. The lowest BCUT2D eigenvalue weighted by atomic mass is 10.1. The third-order valence-corrected chi connectivity index (χ3v) is 9.81. The highest BCUT2D eigenvalue weighted by atomic mass is 16.8. The quantitative estimate of drug-likeness (QED) is 0.0289. The molecule has 0 radical (unpaired) electrons. The first-order valence-corrected chi connectivity index (χ1v) is 22.1. The van der Waals surface area contributed by atoms with E-state index in [4.69, 9.17) is 14.2 Å². The second-order valence-electron chi connectivity index (χ2n) is 15.0. The number of epoxide rings is 1. The number of nitrogens with zero attached hydrogens (tertiary/aromatic N) is 2. The Morgan fingerprint density at radius 2 is 1.13 bits per heavy atom. The predicted octanol–water partition coefficient (Wildman–Crippen LogP) is 10.7. The number of likely N-dealkylation sites (N-methyl/N-ethyl adjacent to an activating group) is 1. The summed E-state index contributed by atoms with van der Waals surface area (Å²) in [6.07, 6.45) is 45.8. The van der Waals surface area contributed by atoms with Gasteiger partial charge in [-0.15, -0.1) is 0 Å². The zero-order valence-corrected chi connectivity index (χ0v) is 35.1. The van der Waals surface area contributed by atoms with E-state index in [0.29, 0.717) is 32.7 Å². The molecule has 54 heavy (non-hydrogen) atoms. The van der Waals surface area contributed by atoms with Crippen LogP contribution in [0.4, 0.5) is 0 Å². The molecule has 0 bridgehead atoms. The molecule has 1 aliphatic rings. The Bertz CT molecular complexity index is 996. The van der Waals surface area contributed by atoms with Gasteiger partial charge >= 0.3 is 5.97 Å². The van der Waals surface area contributed by atoms with Crippen LogP contribution >= 0.6 is 0 Å². The molecule has 0 spiro atoms. The van der Waals surface area contributed by atoms with Crippen LogP contribution in [0.15, 0.2) is 48.6 Å². The first-order valence-electron chi connectivity index (χ1n) is 22.1. The highest BCUT2D eigenvalue weighted by Gasteiger charge is 2.39. The smallest absolute Gasteiger partial charge is 0.305 e. The third kappa shape index (κ3) is 32.0. The summed E-state index contributed by atoms with van der Waals surface area (Å²) in [7, 11) is 1.81. The van der Waals surface area contributed by atoms with Gasteiger partial charge in [-0.05, 0) is 84.1 Å². The fourth-order valence-corrected chi connectivity index (χ4v) is 6.28. The normalized spacial score (nSPS) is 15.9. The standard InChI is InChI=1S/C46H82N2O6/c1-4-6-8-10-12-14-16-18-20-22-24-26-28-30-32-34-43-46(54-43)53-41-38-48(44(50)42-47(3)36-39-49)37-40-52-45(51)35-33-31-29-27-25-23-21-19-17-15-13-11-9-7-5-2/h12-15,18-21,43,46,49H,4-11,16-17,22-42H2,1-3H3/b14-12-,15-13-,20-18-,21-19-. The molecule has 1 aliphatic heterocycles. The number of aliphatic hydroxyl groups excluding tert-OH is 1. The molecule has 1 fully saturated rings. The molecule has 1 N–H and O–H groups in total. The van der Waals surface area contributed by atoms with Gasteiger partial charge in [-0.25, -0.2) is 0 Å². The number of allylic oxidation sites excluding steroid dienone is 8. The van der Waals surface area contributed by atoms with Gasteiger partial charge in [0.05, 0.1) is 26.3 Å². The van der Waals surface area contributed by atoms with Crippen LogP contribution in [0.25, 0.3) is 0 Å². The van der Waals surface area contributed by atoms with Gasteiger partial charge in [0.25, 0.3) is 0 Å². The van der Waals surface area contributed by atoms with Crippen LogP contribution in [0.2, 0.25) is 0 Å². The maximum absolute atomic E-state index is 13.0. The van der Waals surface area contributed by atoms with Gasteiger partial charge in [0.2, 0.25) is 5.91 Å². The highest BCUT2D eigenvalue weighted by Crippen LogP contribution is 2.28. The minimum Gasteiger partial charge on any atom is -0.464 e.